The summed E-state index contributed by atoms with van der Waals surface area (Å²) in [7, 11) is 4.52. The first-order valence-electron chi connectivity index (χ1n) is 10.5. The van der Waals surface area contributed by atoms with Gasteiger partial charge in [-0.05, 0) is 54.6 Å². The average molecular weight is 487 g/mol. The lowest BCUT2D eigenvalue weighted by atomic mass is 10.2. The summed E-state index contributed by atoms with van der Waals surface area (Å²) in [6, 6.07) is 10.1. The van der Waals surface area contributed by atoms with Crippen LogP contribution < -0.4 is 24.3 Å². The molecule has 1 fully saturated rings. The van der Waals surface area contributed by atoms with E-state index in [1.165, 1.54) is 21.3 Å². The lowest BCUT2D eigenvalue weighted by Gasteiger charge is -2.13. The number of amides is 3. The molecule has 0 unspecified atom stereocenters. The Balaban J connectivity index is 1.64. The first-order chi connectivity index (χ1) is 16.4. The van der Waals surface area contributed by atoms with Gasteiger partial charge >= 0.3 is 0 Å². The van der Waals surface area contributed by atoms with Crippen LogP contribution in [0, 0.1) is 0 Å². The Labute approximate surface area is 202 Å². The molecule has 10 heteroatoms. The fourth-order valence-corrected chi connectivity index (χ4v) is 4.08. The van der Waals surface area contributed by atoms with E-state index in [-0.39, 0.29) is 19.0 Å². The van der Waals surface area contributed by atoms with Gasteiger partial charge in [0.05, 0.1) is 32.8 Å². The molecule has 0 bridgehead atoms. The Hall–Kier alpha value is -3.66. The highest BCUT2D eigenvalue weighted by atomic mass is 32.2. The van der Waals surface area contributed by atoms with Gasteiger partial charge in [-0.1, -0.05) is 6.07 Å². The van der Waals surface area contributed by atoms with Gasteiger partial charge in [-0.3, -0.25) is 19.3 Å². The van der Waals surface area contributed by atoms with Crippen molar-refractivity contribution in [1.82, 2.24) is 10.2 Å². The zero-order valence-corrected chi connectivity index (χ0v) is 20.2. The number of hydrogen-bond donors (Lipinski definition) is 1. The van der Waals surface area contributed by atoms with Crippen molar-refractivity contribution < 1.29 is 33.3 Å². The van der Waals surface area contributed by atoms with E-state index in [4.69, 9.17) is 18.9 Å². The number of imide groups is 1. The van der Waals surface area contributed by atoms with Crippen molar-refractivity contribution >= 4 is 34.9 Å². The van der Waals surface area contributed by atoms with Gasteiger partial charge in [0.1, 0.15) is 11.5 Å². The minimum atomic E-state index is -0.417. The van der Waals surface area contributed by atoms with Crippen LogP contribution >= 0.6 is 11.8 Å². The zero-order valence-electron chi connectivity index (χ0n) is 19.4. The number of ether oxygens (including phenoxy) is 4. The molecule has 1 heterocycles. The van der Waals surface area contributed by atoms with E-state index in [2.05, 4.69) is 5.32 Å². The first-order valence-corrected chi connectivity index (χ1v) is 11.3. The molecule has 0 aliphatic carbocycles. The molecule has 2 aromatic carbocycles. The summed E-state index contributed by atoms with van der Waals surface area (Å²) in [5.74, 6) is 1.30. The molecular formula is C24H26N2O7S. The van der Waals surface area contributed by atoms with E-state index in [1.807, 2.05) is 6.92 Å². The van der Waals surface area contributed by atoms with Crippen LogP contribution in [-0.4, -0.2) is 63.0 Å². The molecule has 0 spiro atoms. The Kier molecular flexibility index (Phi) is 8.42. The van der Waals surface area contributed by atoms with Crippen LogP contribution in [0.25, 0.3) is 6.08 Å². The lowest BCUT2D eigenvalue weighted by Crippen LogP contribution is -2.37. The van der Waals surface area contributed by atoms with Crippen LogP contribution in [-0.2, 0) is 4.79 Å². The molecule has 180 valence electrons. The molecule has 1 N–H and O–H groups in total. The molecule has 1 aliphatic rings. The van der Waals surface area contributed by atoms with Crippen molar-refractivity contribution in [3.63, 3.8) is 0 Å². The minimum Gasteiger partial charge on any atom is -0.497 e. The molecule has 3 rings (SSSR count). The molecule has 0 aromatic heterocycles. The summed E-state index contributed by atoms with van der Waals surface area (Å²) in [6.45, 7) is 2.51. The highest BCUT2D eigenvalue weighted by molar-refractivity contribution is 8.18. The normalized spacial score (nSPS) is 14.4. The first kappa shape index (κ1) is 25.0. The number of methoxy groups -OCH3 is 3. The molecule has 3 amide bonds. The van der Waals surface area contributed by atoms with Gasteiger partial charge in [-0.25, -0.2) is 0 Å². The fourth-order valence-electron chi connectivity index (χ4n) is 3.21. The number of nitrogens with zero attached hydrogens (tertiary/aromatic N) is 1. The second-order valence-electron chi connectivity index (χ2n) is 7.03. The summed E-state index contributed by atoms with van der Waals surface area (Å²) in [5, 5.41) is 2.32. The molecule has 9 nitrogen and oxygen atoms in total. The van der Waals surface area contributed by atoms with Gasteiger partial charge in [0.15, 0.2) is 11.5 Å². The summed E-state index contributed by atoms with van der Waals surface area (Å²) < 4.78 is 21.2. The van der Waals surface area contributed by atoms with Crippen molar-refractivity contribution in [3.05, 3.63) is 52.4 Å². The summed E-state index contributed by atoms with van der Waals surface area (Å²) in [4.78, 5) is 39.1. The molecule has 0 atom stereocenters. The maximum absolute atomic E-state index is 12.8. The molecule has 1 aliphatic heterocycles. The number of nitrogens with one attached hydrogen (secondary N) is 1. The highest BCUT2D eigenvalue weighted by Crippen LogP contribution is 2.34. The number of hydrogen-bond acceptors (Lipinski definition) is 8. The third-order valence-electron chi connectivity index (χ3n) is 4.89. The smallest absolute Gasteiger partial charge is 0.293 e. The maximum Gasteiger partial charge on any atom is 0.293 e. The molecular weight excluding hydrogens is 460 g/mol. The number of thioether (sulfide) groups is 1. The molecule has 2 aromatic rings. The maximum atomic E-state index is 12.8. The van der Waals surface area contributed by atoms with Gasteiger partial charge in [0.25, 0.3) is 17.1 Å². The van der Waals surface area contributed by atoms with E-state index < -0.39 is 11.1 Å². The number of carbonyl (C=O) groups excluding carboxylic acids is 3. The van der Waals surface area contributed by atoms with Gasteiger partial charge in [0.2, 0.25) is 0 Å². The second kappa shape index (κ2) is 11.5. The van der Waals surface area contributed by atoms with Crippen LogP contribution in [0.5, 0.6) is 23.0 Å². The largest absolute Gasteiger partial charge is 0.497 e. The monoisotopic (exact) mass is 486 g/mol. The second-order valence-corrected chi connectivity index (χ2v) is 8.03. The van der Waals surface area contributed by atoms with Crippen LogP contribution in [0.4, 0.5) is 4.79 Å². The van der Waals surface area contributed by atoms with Crippen molar-refractivity contribution in [1.29, 1.82) is 0 Å². The van der Waals surface area contributed by atoms with Gasteiger partial charge in [-0.15, -0.1) is 0 Å². The molecule has 0 radical (unpaired) electrons. The fraction of sp³-hybridized carbons (Fsp3) is 0.292. The van der Waals surface area contributed by atoms with E-state index in [1.54, 1.807) is 42.5 Å². The van der Waals surface area contributed by atoms with Crippen molar-refractivity contribution in [2.45, 2.75) is 6.92 Å². The zero-order chi connectivity index (χ0) is 24.7. The Bertz CT molecular complexity index is 1090. The predicted molar refractivity (Wildman–Crippen MR) is 129 cm³/mol. The third kappa shape index (κ3) is 5.82. The van der Waals surface area contributed by atoms with Crippen molar-refractivity contribution in [3.8, 4) is 23.0 Å². The molecule has 1 saturated heterocycles. The van der Waals surface area contributed by atoms with Crippen LogP contribution in [0.2, 0.25) is 0 Å². The Morgan fingerprint density at radius 2 is 1.71 bits per heavy atom. The Morgan fingerprint density at radius 3 is 2.32 bits per heavy atom. The third-order valence-corrected chi connectivity index (χ3v) is 5.80. The predicted octanol–water partition coefficient (Wildman–Crippen LogP) is 3.58. The number of carbonyl (C=O) groups is 3. The quantitative estimate of drug-likeness (QED) is 0.509. The van der Waals surface area contributed by atoms with Crippen molar-refractivity contribution in [2.24, 2.45) is 0 Å². The highest BCUT2D eigenvalue weighted by Gasteiger charge is 2.34. The van der Waals surface area contributed by atoms with Crippen LogP contribution in [0.15, 0.2) is 41.3 Å². The van der Waals surface area contributed by atoms with Crippen molar-refractivity contribution in [2.75, 3.05) is 41.0 Å². The van der Waals surface area contributed by atoms with Crippen LogP contribution in [0.1, 0.15) is 22.8 Å². The lowest BCUT2D eigenvalue weighted by molar-refractivity contribution is -0.122. The standard InChI is InChI=1S/C24H26N2O7S/c1-5-33-19-7-6-15(10-20(19)32-4)11-21-23(28)26(24(29)34-21)9-8-25-22(27)16-12-17(30-2)14-18(13-16)31-3/h6-7,10-14H,5,8-9H2,1-4H3,(H,25,27). The van der Waals surface area contributed by atoms with E-state index >= 15 is 0 Å². The van der Waals surface area contributed by atoms with Gasteiger partial charge < -0.3 is 24.3 Å². The van der Waals surface area contributed by atoms with E-state index in [0.717, 1.165) is 16.7 Å². The summed E-state index contributed by atoms with van der Waals surface area (Å²) in [5.41, 5.74) is 1.04. The molecule has 34 heavy (non-hydrogen) atoms. The summed E-state index contributed by atoms with van der Waals surface area (Å²) >= 11 is 0.850. The Morgan fingerprint density at radius 1 is 1.00 bits per heavy atom. The molecule has 0 saturated carbocycles. The topological polar surface area (TPSA) is 103 Å². The van der Waals surface area contributed by atoms with E-state index in [9.17, 15) is 14.4 Å². The van der Waals surface area contributed by atoms with E-state index in [0.29, 0.717) is 45.6 Å². The average Bonchev–Trinajstić information content (AvgIpc) is 3.11. The van der Waals surface area contributed by atoms with Crippen LogP contribution in [0.3, 0.4) is 0 Å². The van der Waals surface area contributed by atoms with Gasteiger partial charge in [0, 0.05) is 24.7 Å². The number of benzene rings is 2. The number of rotatable bonds is 10. The summed E-state index contributed by atoms with van der Waals surface area (Å²) in [6.07, 6.45) is 1.63. The minimum absolute atomic E-state index is 0.0431. The van der Waals surface area contributed by atoms with Gasteiger partial charge in [-0.2, -0.15) is 0 Å². The SMILES string of the molecule is CCOc1ccc(C=C2SC(=O)N(CCNC(=O)c3cc(OC)cc(OC)c3)C2=O)cc1OC.